The van der Waals surface area contributed by atoms with Crippen LogP contribution in [0.15, 0.2) is 0 Å². The Morgan fingerprint density at radius 1 is 1.50 bits per heavy atom. The average molecular weight is 329 g/mol. The van der Waals surface area contributed by atoms with Gasteiger partial charge in [0.1, 0.15) is 6.04 Å². The Morgan fingerprint density at radius 3 is 2.77 bits per heavy atom. The molecule has 1 aliphatic rings. The molecule has 1 atom stereocenters. The maximum Gasteiger partial charge on any atom is 0.308 e. The lowest BCUT2D eigenvalue weighted by atomic mass is 10.1. The van der Waals surface area contributed by atoms with Crippen molar-refractivity contribution in [1.82, 2.24) is 15.5 Å². The number of piperazine rings is 1. The molecular formula is C14H23N3O4S. The Labute approximate surface area is 135 Å². The van der Waals surface area contributed by atoms with Gasteiger partial charge in [-0.3, -0.25) is 14.4 Å². The number of amides is 2. The van der Waals surface area contributed by atoms with E-state index in [0.29, 0.717) is 25.6 Å². The lowest BCUT2D eigenvalue weighted by Gasteiger charge is -2.36. The van der Waals surface area contributed by atoms with Crippen molar-refractivity contribution in [2.75, 3.05) is 19.7 Å². The van der Waals surface area contributed by atoms with Crippen molar-refractivity contribution in [3.8, 4) is 0 Å². The minimum absolute atomic E-state index is 0.0936. The van der Waals surface area contributed by atoms with Crippen LogP contribution in [0.2, 0.25) is 0 Å². The number of rotatable bonds is 5. The Kier molecular flexibility index (Phi) is 7.23. The second-order valence-corrected chi connectivity index (χ2v) is 5.98. The molecule has 1 aliphatic heterocycles. The first-order chi connectivity index (χ1) is 10.3. The van der Waals surface area contributed by atoms with Gasteiger partial charge in [0.2, 0.25) is 11.8 Å². The average Bonchev–Trinajstić information content (AvgIpc) is 2.39. The standard InChI is InChI=1S/C14H23N3O4S/c1-9(2)4-7-21-12(19)8-11-13(20)15-5-6-17(11)14(22)16-10(3)18/h9,11H,4-8H2,1-3H3,(H,15,20)(H,16,18,22). The van der Waals surface area contributed by atoms with Gasteiger partial charge in [-0.15, -0.1) is 0 Å². The van der Waals surface area contributed by atoms with Crippen molar-refractivity contribution < 1.29 is 19.1 Å². The molecule has 1 fully saturated rings. The van der Waals surface area contributed by atoms with Crippen LogP contribution in [-0.2, 0) is 19.1 Å². The van der Waals surface area contributed by atoms with E-state index in [0.717, 1.165) is 6.42 Å². The molecule has 8 heteroatoms. The third-order valence-corrected chi connectivity index (χ3v) is 3.53. The van der Waals surface area contributed by atoms with Crippen molar-refractivity contribution in [2.24, 2.45) is 5.92 Å². The molecule has 0 aromatic heterocycles. The van der Waals surface area contributed by atoms with Crippen molar-refractivity contribution in [1.29, 1.82) is 0 Å². The molecular weight excluding hydrogens is 306 g/mol. The lowest BCUT2D eigenvalue weighted by Crippen LogP contribution is -2.60. The molecule has 0 aromatic rings. The molecule has 0 saturated carbocycles. The number of carbonyl (C=O) groups is 3. The Morgan fingerprint density at radius 2 is 2.18 bits per heavy atom. The molecule has 2 amide bonds. The lowest BCUT2D eigenvalue weighted by molar-refractivity contribution is -0.147. The van der Waals surface area contributed by atoms with E-state index in [9.17, 15) is 14.4 Å². The highest BCUT2D eigenvalue weighted by Crippen LogP contribution is 2.11. The van der Waals surface area contributed by atoms with Crippen LogP contribution < -0.4 is 10.6 Å². The monoisotopic (exact) mass is 329 g/mol. The summed E-state index contributed by atoms with van der Waals surface area (Å²) in [6.45, 7) is 6.60. The molecule has 1 heterocycles. The molecule has 2 N–H and O–H groups in total. The van der Waals surface area contributed by atoms with Crippen LogP contribution in [0.5, 0.6) is 0 Å². The van der Waals surface area contributed by atoms with Gasteiger partial charge < -0.3 is 20.3 Å². The molecule has 22 heavy (non-hydrogen) atoms. The van der Waals surface area contributed by atoms with E-state index >= 15 is 0 Å². The molecule has 1 saturated heterocycles. The van der Waals surface area contributed by atoms with E-state index in [1.165, 1.54) is 6.92 Å². The third-order valence-electron chi connectivity index (χ3n) is 3.19. The van der Waals surface area contributed by atoms with Gasteiger partial charge in [0.05, 0.1) is 13.0 Å². The number of hydrogen-bond donors (Lipinski definition) is 2. The molecule has 1 unspecified atom stereocenters. The SMILES string of the molecule is CC(=O)NC(=S)N1CCNC(=O)C1CC(=O)OCCC(C)C. The van der Waals surface area contributed by atoms with Gasteiger partial charge in [0.15, 0.2) is 5.11 Å². The summed E-state index contributed by atoms with van der Waals surface area (Å²) < 4.78 is 5.14. The summed E-state index contributed by atoms with van der Waals surface area (Å²) in [4.78, 5) is 36.5. The smallest absolute Gasteiger partial charge is 0.308 e. The molecule has 0 radical (unpaired) electrons. The van der Waals surface area contributed by atoms with Crippen LogP contribution >= 0.6 is 12.2 Å². The highest BCUT2D eigenvalue weighted by molar-refractivity contribution is 7.80. The maximum atomic E-state index is 12.0. The number of carbonyl (C=O) groups excluding carboxylic acids is 3. The largest absolute Gasteiger partial charge is 0.466 e. The van der Waals surface area contributed by atoms with E-state index in [2.05, 4.69) is 10.6 Å². The number of nitrogens with one attached hydrogen (secondary N) is 2. The summed E-state index contributed by atoms with van der Waals surface area (Å²) in [5.41, 5.74) is 0. The van der Waals surface area contributed by atoms with Gasteiger partial charge in [-0.05, 0) is 24.6 Å². The zero-order valence-electron chi connectivity index (χ0n) is 13.2. The predicted octanol–water partition coefficient (Wildman–Crippen LogP) is 0.187. The van der Waals surface area contributed by atoms with Gasteiger partial charge in [-0.1, -0.05) is 13.8 Å². The fraction of sp³-hybridized carbons (Fsp3) is 0.714. The number of ether oxygens (including phenoxy) is 1. The highest BCUT2D eigenvalue weighted by Gasteiger charge is 2.33. The van der Waals surface area contributed by atoms with Crippen LogP contribution in [0.25, 0.3) is 0 Å². The fourth-order valence-corrected chi connectivity index (χ4v) is 2.37. The zero-order chi connectivity index (χ0) is 16.7. The Balaban J connectivity index is 2.61. The van der Waals surface area contributed by atoms with E-state index in [1.807, 2.05) is 13.8 Å². The van der Waals surface area contributed by atoms with Crippen LogP contribution in [-0.4, -0.2) is 53.5 Å². The normalized spacial score (nSPS) is 17.9. The molecule has 124 valence electrons. The van der Waals surface area contributed by atoms with E-state index in [4.69, 9.17) is 17.0 Å². The number of thiocarbonyl (C=S) groups is 1. The summed E-state index contributed by atoms with van der Waals surface area (Å²) in [6.07, 6.45) is 0.681. The van der Waals surface area contributed by atoms with Crippen molar-refractivity contribution in [3.63, 3.8) is 0 Å². The summed E-state index contributed by atoms with van der Waals surface area (Å²) in [5, 5.41) is 5.32. The molecule has 0 bridgehead atoms. The fourth-order valence-electron chi connectivity index (χ4n) is 2.01. The topological polar surface area (TPSA) is 87.7 Å². The second-order valence-electron chi connectivity index (χ2n) is 5.59. The number of hydrogen-bond acceptors (Lipinski definition) is 5. The summed E-state index contributed by atoms with van der Waals surface area (Å²) in [6, 6.07) is -0.750. The predicted molar refractivity (Wildman–Crippen MR) is 84.9 cm³/mol. The third kappa shape index (κ3) is 5.97. The van der Waals surface area contributed by atoms with Gasteiger partial charge in [-0.25, -0.2) is 0 Å². The second kappa shape index (κ2) is 8.67. The molecule has 0 aromatic carbocycles. The minimum atomic E-state index is -0.750. The summed E-state index contributed by atoms with van der Waals surface area (Å²) >= 11 is 5.12. The zero-order valence-corrected chi connectivity index (χ0v) is 14.0. The first kappa shape index (κ1) is 18.3. The minimum Gasteiger partial charge on any atom is -0.466 e. The molecule has 1 rings (SSSR count). The van der Waals surface area contributed by atoms with Crippen LogP contribution in [0.1, 0.15) is 33.6 Å². The highest BCUT2D eigenvalue weighted by atomic mass is 32.1. The van der Waals surface area contributed by atoms with E-state index in [-0.39, 0.29) is 23.3 Å². The number of nitrogens with zero attached hydrogens (tertiary/aromatic N) is 1. The number of esters is 1. The maximum absolute atomic E-state index is 12.0. The quantitative estimate of drug-likeness (QED) is 0.553. The van der Waals surface area contributed by atoms with Crippen LogP contribution in [0, 0.1) is 5.92 Å². The molecule has 0 aliphatic carbocycles. The summed E-state index contributed by atoms with van der Waals surface area (Å²) in [7, 11) is 0. The van der Waals surface area contributed by atoms with Gasteiger partial charge in [0, 0.05) is 20.0 Å². The molecule has 7 nitrogen and oxygen atoms in total. The first-order valence-electron chi connectivity index (χ1n) is 7.32. The first-order valence-corrected chi connectivity index (χ1v) is 7.73. The van der Waals surface area contributed by atoms with Crippen molar-refractivity contribution in [3.05, 3.63) is 0 Å². The van der Waals surface area contributed by atoms with Gasteiger partial charge >= 0.3 is 5.97 Å². The Bertz CT molecular complexity index is 453. The molecule has 0 spiro atoms. The van der Waals surface area contributed by atoms with Crippen molar-refractivity contribution >= 4 is 35.1 Å². The van der Waals surface area contributed by atoms with Crippen molar-refractivity contribution in [2.45, 2.75) is 39.7 Å². The van der Waals surface area contributed by atoms with E-state index in [1.54, 1.807) is 4.90 Å². The summed E-state index contributed by atoms with van der Waals surface area (Å²) in [5.74, 6) is -0.609. The van der Waals surface area contributed by atoms with Gasteiger partial charge in [-0.2, -0.15) is 0 Å². The van der Waals surface area contributed by atoms with Crippen LogP contribution in [0.3, 0.4) is 0 Å². The Hall–Kier alpha value is -1.70. The van der Waals surface area contributed by atoms with E-state index < -0.39 is 12.0 Å². The van der Waals surface area contributed by atoms with Crippen LogP contribution in [0.4, 0.5) is 0 Å². The van der Waals surface area contributed by atoms with Gasteiger partial charge in [0.25, 0.3) is 0 Å².